The monoisotopic (exact) mass is 290 g/mol. The van der Waals surface area contributed by atoms with E-state index in [-0.39, 0.29) is 11.4 Å². The Hall–Kier alpha value is -2.70. The predicted molar refractivity (Wildman–Crippen MR) is 77.3 cm³/mol. The van der Waals surface area contributed by atoms with Gasteiger partial charge in [-0.05, 0) is 12.1 Å². The van der Waals surface area contributed by atoms with Crippen LogP contribution in [0.15, 0.2) is 30.6 Å². The Labute approximate surface area is 121 Å². The van der Waals surface area contributed by atoms with E-state index in [1.807, 2.05) is 19.0 Å². The highest BCUT2D eigenvalue weighted by atomic mass is 19.1. The fraction of sp³-hybridized carbons (Fsp3) is 0.214. The van der Waals surface area contributed by atoms with Crippen LogP contribution in [0.3, 0.4) is 0 Å². The summed E-state index contributed by atoms with van der Waals surface area (Å²) in [4.78, 5) is 21.5. The van der Waals surface area contributed by atoms with Crippen molar-refractivity contribution in [2.75, 3.05) is 31.4 Å². The van der Waals surface area contributed by atoms with Gasteiger partial charge in [-0.15, -0.1) is 0 Å². The van der Waals surface area contributed by atoms with Gasteiger partial charge in [0.1, 0.15) is 5.69 Å². The molecule has 0 saturated carbocycles. The number of nitrogens with one attached hydrogen (secondary N) is 1. The molecule has 0 unspecified atom stereocenters. The molecule has 0 saturated heterocycles. The Kier molecular flexibility index (Phi) is 4.32. The average Bonchev–Trinajstić information content (AvgIpc) is 2.47. The summed E-state index contributed by atoms with van der Waals surface area (Å²) in [6, 6.07) is 4.23. The molecular weight excluding hydrogens is 275 g/mol. The minimum Gasteiger partial charge on any atom is -0.479 e. The van der Waals surface area contributed by atoms with Crippen molar-refractivity contribution < 1.29 is 13.9 Å². The van der Waals surface area contributed by atoms with E-state index in [1.54, 1.807) is 12.3 Å². The molecule has 0 radical (unpaired) electrons. The van der Waals surface area contributed by atoms with Crippen molar-refractivity contribution in [1.82, 2.24) is 9.97 Å². The number of nitrogens with zero attached hydrogens (tertiary/aromatic N) is 3. The lowest BCUT2D eigenvalue weighted by Gasteiger charge is -2.19. The summed E-state index contributed by atoms with van der Waals surface area (Å²) in [6.45, 7) is 0. The van der Waals surface area contributed by atoms with Gasteiger partial charge in [-0.3, -0.25) is 4.79 Å². The molecule has 0 atom stereocenters. The summed E-state index contributed by atoms with van der Waals surface area (Å²) in [5.41, 5.74) is 1.31. The van der Waals surface area contributed by atoms with Gasteiger partial charge in [-0.1, -0.05) is 0 Å². The topological polar surface area (TPSA) is 67.3 Å². The van der Waals surface area contributed by atoms with Gasteiger partial charge in [0.2, 0.25) is 11.8 Å². The number of pyridine rings is 2. The molecule has 2 heterocycles. The third kappa shape index (κ3) is 3.25. The lowest BCUT2D eigenvalue weighted by molar-refractivity contribution is 0.102. The largest absolute Gasteiger partial charge is 0.479 e. The highest BCUT2D eigenvalue weighted by molar-refractivity contribution is 6.06. The van der Waals surface area contributed by atoms with Crippen molar-refractivity contribution in [3.05, 3.63) is 42.1 Å². The van der Waals surface area contributed by atoms with Crippen LogP contribution in [0.2, 0.25) is 0 Å². The molecule has 0 fully saturated rings. The number of carbonyl (C=O) groups is 1. The first-order valence-electron chi connectivity index (χ1n) is 6.16. The van der Waals surface area contributed by atoms with Crippen LogP contribution in [0.25, 0.3) is 0 Å². The van der Waals surface area contributed by atoms with Crippen LogP contribution in [0.1, 0.15) is 10.4 Å². The van der Waals surface area contributed by atoms with Crippen molar-refractivity contribution in [2.24, 2.45) is 0 Å². The molecule has 110 valence electrons. The molecule has 2 rings (SSSR count). The summed E-state index contributed by atoms with van der Waals surface area (Å²) < 4.78 is 18.2. The number of hydrogen-bond acceptors (Lipinski definition) is 5. The lowest BCUT2D eigenvalue weighted by atomic mass is 10.2. The third-order valence-corrected chi connectivity index (χ3v) is 2.80. The van der Waals surface area contributed by atoms with Gasteiger partial charge in [0, 0.05) is 38.1 Å². The number of methoxy groups -OCH3 is 1. The Bertz CT molecular complexity index is 661. The maximum atomic E-state index is 13.1. The van der Waals surface area contributed by atoms with Crippen LogP contribution >= 0.6 is 0 Å². The highest BCUT2D eigenvalue weighted by Gasteiger charge is 2.16. The van der Waals surface area contributed by atoms with E-state index in [1.165, 1.54) is 19.4 Å². The summed E-state index contributed by atoms with van der Waals surface area (Å²) in [5, 5.41) is 2.69. The minimum absolute atomic E-state index is 0.165. The van der Waals surface area contributed by atoms with Gasteiger partial charge in [-0.25, -0.2) is 9.97 Å². The van der Waals surface area contributed by atoms with E-state index >= 15 is 0 Å². The number of ether oxygens (including phenoxy) is 1. The number of halogens is 1. The Morgan fingerprint density at radius 3 is 2.62 bits per heavy atom. The number of amides is 1. The van der Waals surface area contributed by atoms with Crippen molar-refractivity contribution in [3.63, 3.8) is 0 Å². The maximum Gasteiger partial charge on any atom is 0.256 e. The zero-order valence-corrected chi connectivity index (χ0v) is 11.9. The number of rotatable bonds is 4. The van der Waals surface area contributed by atoms with Crippen LogP contribution in [-0.4, -0.2) is 37.1 Å². The van der Waals surface area contributed by atoms with E-state index in [2.05, 4.69) is 15.3 Å². The lowest BCUT2D eigenvalue weighted by Crippen LogP contribution is -2.18. The van der Waals surface area contributed by atoms with Crippen molar-refractivity contribution in [1.29, 1.82) is 0 Å². The van der Waals surface area contributed by atoms with Crippen LogP contribution < -0.4 is 15.0 Å². The summed E-state index contributed by atoms with van der Waals surface area (Å²) in [6.07, 6.45) is 2.81. The van der Waals surface area contributed by atoms with Crippen molar-refractivity contribution >= 4 is 17.3 Å². The summed E-state index contributed by atoms with van der Waals surface area (Å²) in [5.74, 6) is -0.900. The number of carbonyl (C=O) groups excluding carboxylic acids is 1. The fourth-order valence-electron chi connectivity index (χ4n) is 1.81. The molecule has 2 aromatic rings. The second-order valence-corrected chi connectivity index (χ2v) is 4.43. The smallest absolute Gasteiger partial charge is 0.256 e. The molecule has 1 amide bonds. The minimum atomic E-state index is -0.714. The normalized spacial score (nSPS) is 10.1. The summed E-state index contributed by atoms with van der Waals surface area (Å²) in [7, 11) is 5.12. The Morgan fingerprint density at radius 2 is 2.00 bits per heavy atom. The zero-order valence-electron chi connectivity index (χ0n) is 11.9. The molecule has 0 aliphatic rings. The van der Waals surface area contributed by atoms with Gasteiger partial charge in [0.05, 0.1) is 12.8 Å². The van der Waals surface area contributed by atoms with E-state index in [0.29, 0.717) is 5.69 Å². The first kappa shape index (κ1) is 14.7. The SMILES string of the molecule is COc1nccc(N(C)C)c1NC(=O)c1ccnc(F)c1. The molecule has 0 aromatic carbocycles. The zero-order chi connectivity index (χ0) is 15.4. The molecule has 1 N–H and O–H groups in total. The van der Waals surface area contributed by atoms with Crippen LogP contribution in [0, 0.1) is 5.95 Å². The maximum absolute atomic E-state index is 13.1. The molecule has 7 heteroatoms. The second kappa shape index (κ2) is 6.17. The van der Waals surface area contributed by atoms with Gasteiger partial charge in [-0.2, -0.15) is 4.39 Å². The second-order valence-electron chi connectivity index (χ2n) is 4.43. The number of aromatic nitrogens is 2. The van der Waals surface area contributed by atoms with Crippen LogP contribution in [0.5, 0.6) is 5.88 Å². The van der Waals surface area contributed by atoms with E-state index in [4.69, 9.17) is 4.74 Å². The molecule has 6 nitrogen and oxygen atoms in total. The number of anilines is 2. The van der Waals surface area contributed by atoms with Gasteiger partial charge in [0.25, 0.3) is 5.91 Å². The molecule has 21 heavy (non-hydrogen) atoms. The summed E-state index contributed by atoms with van der Waals surface area (Å²) >= 11 is 0. The van der Waals surface area contributed by atoms with E-state index < -0.39 is 11.9 Å². The van der Waals surface area contributed by atoms with E-state index in [0.717, 1.165) is 11.8 Å². The van der Waals surface area contributed by atoms with Crippen molar-refractivity contribution in [2.45, 2.75) is 0 Å². The molecule has 0 aliphatic carbocycles. The first-order valence-corrected chi connectivity index (χ1v) is 6.16. The van der Waals surface area contributed by atoms with Gasteiger partial charge >= 0.3 is 0 Å². The third-order valence-electron chi connectivity index (χ3n) is 2.80. The molecular formula is C14H15FN4O2. The number of hydrogen-bond donors (Lipinski definition) is 1. The van der Waals surface area contributed by atoms with Crippen molar-refractivity contribution in [3.8, 4) is 5.88 Å². The standard InChI is InChI=1S/C14H15FN4O2/c1-19(2)10-5-7-17-14(21-3)12(10)18-13(20)9-4-6-16-11(15)8-9/h4-8H,1-3H3,(H,18,20). The molecule has 0 bridgehead atoms. The van der Waals surface area contributed by atoms with E-state index in [9.17, 15) is 9.18 Å². The van der Waals surface area contributed by atoms with Crippen LogP contribution in [0.4, 0.5) is 15.8 Å². The molecule has 0 spiro atoms. The molecule has 0 aliphatic heterocycles. The highest BCUT2D eigenvalue weighted by Crippen LogP contribution is 2.32. The van der Waals surface area contributed by atoms with Gasteiger partial charge in [0.15, 0.2) is 0 Å². The fourth-order valence-corrected chi connectivity index (χ4v) is 1.81. The quantitative estimate of drug-likeness (QED) is 0.872. The Morgan fingerprint density at radius 1 is 1.29 bits per heavy atom. The predicted octanol–water partition coefficient (Wildman–Crippen LogP) is 1.94. The Balaban J connectivity index is 2.36. The van der Waals surface area contributed by atoms with Crippen LogP contribution in [-0.2, 0) is 0 Å². The average molecular weight is 290 g/mol. The van der Waals surface area contributed by atoms with Gasteiger partial charge < -0.3 is 15.0 Å². The first-order chi connectivity index (χ1) is 10.0. The molecule has 2 aromatic heterocycles.